The molecule has 1 aliphatic heterocycles. The zero-order valence-electron chi connectivity index (χ0n) is 15.5. The van der Waals surface area contributed by atoms with Crippen molar-refractivity contribution in [1.29, 1.82) is 0 Å². The van der Waals surface area contributed by atoms with Gasteiger partial charge in [-0.1, -0.05) is 24.9 Å². The molecule has 1 aromatic carbocycles. The van der Waals surface area contributed by atoms with Crippen molar-refractivity contribution in [3.05, 3.63) is 28.8 Å². The first-order chi connectivity index (χ1) is 12.8. The molecular weight excluding hydrogens is 392 g/mol. The van der Waals surface area contributed by atoms with E-state index in [1.54, 1.807) is 0 Å². The van der Waals surface area contributed by atoms with Crippen molar-refractivity contribution in [2.24, 2.45) is 0 Å². The maximum absolute atomic E-state index is 12.8. The molecule has 2 rings (SSSR count). The quantitative estimate of drug-likeness (QED) is 0.689. The Morgan fingerprint density at radius 2 is 1.93 bits per heavy atom. The predicted molar refractivity (Wildman–Crippen MR) is 102 cm³/mol. The molecule has 1 aliphatic rings. The van der Waals surface area contributed by atoms with Crippen LogP contribution in [-0.4, -0.2) is 50.3 Å². The number of rotatable bonds is 7. The molecule has 0 bridgehead atoms. The van der Waals surface area contributed by atoms with Gasteiger partial charge >= 0.3 is 5.97 Å². The summed E-state index contributed by atoms with van der Waals surface area (Å²) in [6.07, 6.45) is 3.38. The summed E-state index contributed by atoms with van der Waals surface area (Å²) in [4.78, 5) is 24.0. The van der Waals surface area contributed by atoms with E-state index in [1.165, 1.54) is 22.5 Å². The molecule has 9 heteroatoms. The molecule has 1 heterocycles. The van der Waals surface area contributed by atoms with Crippen molar-refractivity contribution in [1.82, 2.24) is 9.62 Å². The number of carbonyl (C=O) groups excluding carboxylic acids is 2. The van der Waals surface area contributed by atoms with Crippen LogP contribution in [0.4, 0.5) is 0 Å². The number of sulfonamides is 1. The van der Waals surface area contributed by atoms with E-state index in [2.05, 4.69) is 5.32 Å². The van der Waals surface area contributed by atoms with Crippen molar-refractivity contribution in [3.8, 4) is 0 Å². The van der Waals surface area contributed by atoms with Crippen LogP contribution in [0.15, 0.2) is 23.1 Å². The number of amides is 1. The van der Waals surface area contributed by atoms with E-state index in [0.717, 1.165) is 25.7 Å². The molecule has 1 amide bonds. The van der Waals surface area contributed by atoms with Crippen LogP contribution in [0.5, 0.6) is 0 Å². The van der Waals surface area contributed by atoms with E-state index < -0.39 is 28.5 Å². The largest absolute Gasteiger partial charge is 0.452 e. The normalized spacial score (nSPS) is 16.6. The number of piperidine rings is 1. The van der Waals surface area contributed by atoms with Gasteiger partial charge in [0, 0.05) is 19.1 Å². The first kappa shape index (κ1) is 21.7. The molecule has 1 N–H and O–H groups in total. The highest BCUT2D eigenvalue weighted by Gasteiger charge is 2.27. The van der Waals surface area contributed by atoms with Crippen LogP contribution in [0.1, 0.15) is 49.9 Å². The SMILES string of the molecule is CCC(C)NC(=O)COC(=O)c1cc(S(=O)(=O)N2CCCCC2)ccc1Cl. The zero-order valence-corrected chi connectivity index (χ0v) is 17.1. The van der Waals surface area contributed by atoms with Crippen LogP contribution >= 0.6 is 11.6 Å². The Kier molecular flexibility index (Phi) is 7.64. The summed E-state index contributed by atoms with van der Waals surface area (Å²) in [6, 6.07) is 3.91. The molecule has 27 heavy (non-hydrogen) atoms. The van der Waals surface area contributed by atoms with Crippen LogP contribution in [-0.2, 0) is 19.6 Å². The van der Waals surface area contributed by atoms with Gasteiger partial charge in [0.05, 0.1) is 15.5 Å². The fourth-order valence-electron chi connectivity index (χ4n) is 2.70. The smallest absolute Gasteiger partial charge is 0.340 e. The molecule has 1 aromatic rings. The van der Waals surface area contributed by atoms with Crippen molar-refractivity contribution in [2.45, 2.75) is 50.5 Å². The van der Waals surface area contributed by atoms with Crippen LogP contribution in [0, 0.1) is 0 Å². The number of ether oxygens (including phenoxy) is 1. The fraction of sp³-hybridized carbons (Fsp3) is 0.556. The Hall–Kier alpha value is -1.64. The third-order valence-corrected chi connectivity index (χ3v) is 6.69. The number of nitrogens with one attached hydrogen (secondary N) is 1. The summed E-state index contributed by atoms with van der Waals surface area (Å²) in [5, 5.41) is 2.75. The van der Waals surface area contributed by atoms with E-state index >= 15 is 0 Å². The van der Waals surface area contributed by atoms with E-state index in [4.69, 9.17) is 16.3 Å². The minimum Gasteiger partial charge on any atom is -0.452 e. The average molecular weight is 417 g/mol. The Bertz CT molecular complexity index is 791. The Morgan fingerprint density at radius 3 is 2.56 bits per heavy atom. The second kappa shape index (κ2) is 9.52. The van der Waals surface area contributed by atoms with Gasteiger partial charge < -0.3 is 10.1 Å². The molecule has 150 valence electrons. The number of esters is 1. The second-order valence-corrected chi connectivity index (χ2v) is 8.90. The lowest BCUT2D eigenvalue weighted by molar-refractivity contribution is -0.124. The van der Waals surface area contributed by atoms with Gasteiger partial charge in [-0.2, -0.15) is 4.31 Å². The molecule has 1 fully saturated rings. The summed E-state index contributed by atoms with van der Waals surface area (Å²) < 4.78 is 31.9. The minimum absolute atomic E-state index is 0.00944. The summed E-state index contributed by atoms with van der Waals surface area (Å²) in [5.41, 5.74) is -0.0777. The molecule has 0 aliphatic carbocycles. The van der Waals surface area contributed by atoms with E-state index in [0.29, 0.717) is 13.1 Å². The molecule has 0 radical (unpaired) electrons. The summed E-state index contributed by atoms with van der Waals surface area (Å²) in [5.74, 6) is -1.26. The first-order valence-corrected chi connectivity index (χ1v) is 10.8. The first-order valence-electron chi connectivity index (χ1n) is 9.02. The van der Waals surface area contributed by atoms with Gasteiger partial charge in [-0.3, -0.25) is 4.79 Å². The van der Waals surface area contributed by atoms with Crippen LogP contribution in [0.2, 0.25) is 5.02 Å². The van der Waals surface area contributed by atoms with Gasteiger partial charge in [0.25, 0.3) is 5.91 Å². The maximum atomic E-state index is 12.8. The lowest BCUT2D eigenvalue weighted by atomic mass is 10.2. The van der Waals surface area contributed by atoms with Crippen LogP contribution < -0.4 is 5.32 Å². The number of carbonyl (C=O) groups is 2. The molecule has 0 aromatic heterocycles. The lowest BCUT2D eigenvalue weighted by Crippen LogP contribution is -2.36. The van der Waals surface area contributed by atoms with Crippen LogP contribution in [0.25, 0.3) is 0 Å². The fourth-order valence-corrected chi connectivity index (χ4v) is 4.44. The monoisotopic (exact) mass is 416 g/mol. The van der Waals surface area contributed by atoms with E-state index in [9.17, 15) is 18.0 Å². The van der Waals surface area contributed by atoms with Gasteiger partial charge in [-0.05, 0) is 44.4 Å². The van der Waals surface area contributed by atoms with Crippen molar-refractivity contribution >= 4 is 33.5 Å². The van der Waals surface area contributed by atoms with Crippen molar-refractivity contribution < 1.29 is 22.7 Å². The number of hydrogen-bond donors (Lipinski definition) is 1. The average Bonchev–Trinajstić information content (AvgIpc) is 2.66. The minimum atomic E-state index is -3.70. The highest BCUT2D eigenvalue weighted by atomic mass is 35.5. The molecule has 0 spiro atoms. The highest BCUT2D eigenvalue weighted by Crippen LogP contribution is 2.25. The third-order valence-electron chi connectivity index (χ3n) is 4.46. The molecule has 7 nitrogen and oxygen atoms in total. The predicted octanol–water partition coefficient (Wildman–Crippen LogP) is 2.59. The standard InChI is InChI=1S/C18H25ClN2O5S/c1-3-13(2)20-17(22)12-26-18(23)15-11-14(7-8-16(15)19)27(24,25)21-9-5-4-6-10-21/h7-8,11,13H,3-6,9-10,12H2,1-2H3,(H,20,22). The van der Waals surface area contributed by atoms with Crippen LogP contribution in [0.3, 0.4) is 0 Å². The summed E-state index contributed by atoms with van der Waals surface area (Å²) in [7, 11) is -3.70. The second-order valence-electron chi connectivity index (χ2n) is 6.56. The molecule has 1 unspecified atom stereocenters. The van der Waals surface area contributed by atoms with E-state index in [-0.39, 0.29) is 21.5 Å². The Labute approximate surface area is 165 Å². The molecule has 0 saturated carbocycles. The maximum Gasteiger partial charge on any atom is 0.340 e. The van der Waals surface area contributed by atoms with Crippen molar-refractivity contribution in [2.75, 3.05) is 19.7 Å². The van der Waals surface area contributed by atoms with Gasteiger partial charge in [-0.15, -0.1) is 0 Å². The third kappa shape index (κ3) is 5.67. The van der Waals surface area contributed by atoms with Crippen molar-refractivity contribution in [3.63, 3.8) is 0 Å². The van der Waals surface area contributed by atoms with E-state index in [1.807, 2.05) is 13.8 Å². The van der Waals surface area contributed by atoms with Gasteiger partial charge in [-0.25, -0.2) is 13.2 Å². The van der Waals surface area contributed by atoms with Gasteiger partial charge in [0.1, 0.15) is 0 Å². The Balaban J connectivity index is 2.12. The summed E-state index contributed by atoms with van der Waals surface area (Å²) >= 11 is 6.04. The number of halogens is 1. The molecule has 1 saturated heterocycles. The number of benzene rings is 1. The van der Waals surface area contributed by atoms with Gasteiger partial charge in [0.15, 0.2) is 6.61 Å². The molecule has 1 atom stereocenters. The number of hydrogen-bond acceptors (Lipinski definition) is 5. The van der Waals surface area contributed by atoms with Gasteiger partial charge in [0.2, 0.25) is 10.0 Å². The molecular formula is C18H25ClN2O5S. The lowest BCUT2D eigenvalue weighted by Gasteiger charge is -2.26. The topological polar surface area (TPSA) is 92.8 Å². The highest BCUT2D eigenvalue weighted by molar-refractivity contribution is 7.89. The summed E-state index contributed by atoms with van der Waals surface area (Å²) in [6.45, 7) is 4.22. The zero-order chi connectivity index (χ0) is 20.0. The number of nitrogens with zero attached hydrogens (tertiary/aromatic N) is 1. The Morgan fingerprint density at radius 1 is 1.26 bits per heavy atom.